The number of nitrogens with zero attached hydrogens (tertiary/aromatic N) is 2. The molecule has 0 aliphatic heterocycles. The molecule has 2 aromatic rings. The molecular weight excluding hydrogens is 347 g/mol. The summed E-state index contributed by atoms with van der Waals surface area (Å²) in [5.74, 6) is 0.757. The Morgan fingerprint density at radius 3 is 2.42 bits per heavy atom. The minimum absolute atomic E-state index is 0.156. The van der Waals surface area contributed by atoms with Gasteiger partial charge in [0.25, 0.3) is 0 Å². The molecule has 0 fully saturated rings. The monoisotopic (exact) mass is 358 g/mol. The number of hydrogen-bond donors (Lipinski definition) is 0. The van der Waals surface area contributed by atoms with Crippen molar-refractivity contribution in [1.82, 2.24) is 4.98 Å². The fraction of sp³-hybridized carbons (Fsp3) is 0.214. The highest BCUT2D eigenvalue weighted by Gasteiger charge is 2.16. The first-order valence-corrected chi connectivity index (χ1v) is 7.33. The maximum atomic E-state index is 6.23. The Labute approximate surface area is 131 Å². The van der Waals surface area contributed by atoms with Crippen LogP contribution in [0.25, 0.3) is 0 Å². The van der Waals surface area contributed by atoms with Crippen molar-refractivity contribution in [3.05, 3.63) is 56.6 Å². The Balaban J connectivity index is 2.27. The van der Waals surface area contributed by atoms with Crippen molar-refractivity contribution in [3.63, 3.8) is 0 Å². The molecule has 0 saturated carbocycles. The van der Waals surface area contributed by atoms with E-state index in [2.05, 4.69) is 27.8 Å². The second-order valence-electron chi connectivity index (χ2n) is 4.30. The summed E-state index contributed by atoms with van der Waals surface area (Å²) < 4.78 is 0.869. The van der Waals surface area contributed by atoms with Gasteiger partial charge >= 0.3 is 0 Å². The first-order chi connectivity index (χ1) is 8.99. The van der Waals surface area contributed by atoms with Crippen LogP contribution < -0.4 is 4.90 Å². The first kappa shape index (κ1) is 14.6. The summed E-state index contributed by atoms with van der Waals surface area (Å²) in [7, 11) is 1.97. The van der Waals surface area contributed by atoms with Gasteiger partial charge in [-0.05, 0) is 46.6 Å². The van der Waals surface area contributed by atoms with E-state index in [1.54, 1.807) is 6.20 Å². The molecule has 2 rings (SSSR count). The van der Waals surface area contributed by atoms with E-state index >= 15 is 0 Å². The van der Waals surface area contributed by atoms with Crippen molar-refractivity contribution in [2.45, 2.75) is 13.0 Å². The summed E-state index contributed by atoms with van der Waals surface area (Å²) in [5, 5.41) is 1.36. The smallest absolute Gasteiger partial charge is 0.147 e. The third-order valence-electron chi connectivity index (χ3n) is 3.06. The Bertz CT molecular complexity index is 572. The SMILES string of the molecule is CC(c1ccc(Cl)cc1)N(C)c1ncc(Br)cc1Cl. The minimum Gasteiger partial charge on any atom is -0.352 e. The predicted octanol–water partition coefficient (Wildman–Crippen LogP) is 5.35. The summed E-state index contributed by atoms with van der Waals surface area (Å²) in [6.07, 6.45) is 1.74. The van der Waals surface area contributed by atoms with Crippen LogP contribution in [0.5, 0.6) is 0 Å². The minimum atomic E-state index is 0.156. The van der Waals surface area contributed by atoms with E-state index in [1.807, 2.05) is 42.3 Å². The summed E-state index contributed by atoms with van der Waals surface area (Å²) in [6.45, 7) is 2.10. The lowest BCUT2D eigenvalue weighted by atomic mass is 10.1. The summed E-state index contributed by atoms with van der Waals surface area (Å²) in [6, 6.07) is 9.79. The molecule has 19 heavy (non-hydrogen) atoms. The number of benzene rings is 1. The van der Waals surface area contributed by atoms with Crippen LogP contribution in [0.4, 0.5) is 5.82 Å². The van der Waals surface area contributed by atoms with Gasteiger partial charge in [0.15, 0.2) is 0 Å². The van der Waals surface area contributed by atoms with Gasteiger partial charge in [0.2, 0.25) is 0 Å². The quantitative estimate of drug-likeness (QED) is 0.734. The van der Waals surface area contributed by atoms with Crippen molar-refractivity contribution in [2.24, 2.45) is 0 Å². The zero-order valence-corrected chi connectivity index (χ0v) is 13.7. The molecule has 0 N–H and O–H groups in total. The highest BCUT2D eigenvalue weighted by molar-refractivity contribution is 9.10. The van der Waals surface area contributed by atoms with Crippen LogP contribution in [-0.4, -0.2) is 12.0 Å². The van der Waals surface area contributed by atoms with Gasteiger partial charge in [-0.2, -0.15) is 0 Å². The lowest BCUT2D eigenvalue weighted by Crippen LogP contribution is -2.22. The van der Waals surface area contributed by atoms with Crippen LogP contribution >= 0.6 is 39.1 Å². The molecular formula is C14H13BrCl2N2. The average molecular weight is 360 g/mol. The fourth-order valence-electron chi connectivity index (χ4n) is 1.82. The van der Waals surface area contributed by atoms with E-state index in [-0.39, 0.29) is 6.04 Å². The molecule has 2 nitrogen and oxygen atoms in total. The Kier molecular flexibility index (Phi) is 4.71. The van der Waals surface area contributed by atoms with E-state index in [4.69, 9.17) is 23.2 Å². The molecule has 0 radical (unpaired) electrons. The Morgan fingerprint density at radius 2 is 1.84 bits per heavy atom. The van der Waals surface area contributed by atoms with Gasteiger partial charge in [0.05, 0.1) is 11.1 Å². The zero-order chi connectivity index (χ0) is 14.0. The average Bonchev–Trinajstić information content (AvgIpc) is 2.38. The standard InChI is InChI=1S/C14H13BrCl2N2/c1-9(10-3-5-12(16)6-4-10)19(2)14-13(17)7-11(15)8-18-14/h3-9H,1-2H3. The molecule has 0 spiro atoms. The van der Waals surface area contributed by atoms with Gasteiger partial charge in [-0.3, -0.25) is 0 Å². The fourth-order valence-corrected chi connectivity index (χ4v) is 2.70. The second kappa shape index (κ2) is 6.12. The van der Waals surface area contributed by atoms with Crippen LogP contribution in [0.15, 0.2) is 41.0 Å². The van der Waals surface area contributed by atoms with Crippen LogP contribution in [0.2, 0.25) is 10.0 Å². The topological polar surface area (TPSA) is 16.1 Å². The molecule has 1 aromatic heterocycles. The molecule has 0 bridgehead atoms. The van der Waals surface area contributed by atoms with Gasteiger partial charge in [0.1, 0.15) is 5.82 Å². The molecule has 1 atom stereocenters. The van der Waals surface area contributed by atoms with Crippen LogP contribution in [0.3, 0.4) is 0 Å². The maximum Gasteiger partial charge on any atom is 0.147 e. The van der Waals surface area contributed by atoms with Crippen LogP contribution in [0, 0.1) is 0 Å². The van der Waals surface area contributed by atoms with E-state index in [9.17, 15) is 0 Å². The van der Waals surface area contributed by atoms with Gasteiger partial charge < -0.3 is 4.90 Å². The lowest BCUT2D eigenvalue weighted by Gasteiger charge is -2.27. The number of aromatic nitrogens is 1. The molecule has 0 aliphatic carbocycles. The van der Waals surface area contributed by atoms with Crippen molar-refractivity contribution in [3.8, 4) is 0 Å². The summed E-state index contributed by atoms with van der Waals surface area (Å²) in [4.78, 5) is 6.40. The number of pyridine rings is 1. The van der Waals surface area contributed by atoms with Gasteiger partial charge in [-0.1, -0.05) is 35.3 Å². The van der Waals surface area contributed by atoms with Gasteiger partial charge in [-0.25, -0.2) is 4.98 Å². The number of anilines is 1. The van der Waals surface area contributed by atoms with Crippen LogP contribution in [-0.2, 0) is 0 Å². The Hall–Kier alpha value is -0.770. The van der Waals surface area contributed by atoms with Crippen LogP contribution in [0.1, 0.15) is 18.5 Å². The van der Waals surface area contributed by atoms with E-state index in [1.165, 1.54) is 0 Å². The summed E-state index contributed by atoms with van der Waals surface area (Å²) >= 11 is 15.5. The predicted molar refractivity (Wildman–Crippen MR) is 85.2 cm³/mol. The highest BCUT2D eigenvalue weighted by atomic mass is 79.9. The van der Waals surface area contributed by atoms with Gasteiger partial charge in [-0.15, -0.1) is 0 Å². The maximum absolute atomic E-state index is 6.23. The van der Waals surface area contributed by atoms with E-state index in [0.29, 0.717) is 5.02 Å². The molecule has 1 aromatic carbocycles. The van der Waals surface area contributed by atoms with E-state index in [0.717, 1.165) is 20.9 Å². The number of rotatable bonds is 3. The van der Waals surface area contributed by atoms with Crippen molar-refractivity contribution < 1.29 is 0 Å². The third-order valence-corrected chi connectivity index (χ3v) is 4.02. The van der Waals surface area contributed by atoms with E-state index < -0.39 is 0 Å². The molecule has 0 saturated heterocycles. The largest absolute Gasteiger partial charge is 0.352 e. The lowest BCUT2D eigenvalue weighted by molar-refractivity contribution is 0.729. The van der Waals surface area contributed by atoms with Crippen molar-refractivity contribution >= 4 is 44.9 Å². The number of halogens is 3. The molecule has 5 heteroatoms. The third kappa shape index (κ3) is 3.41. The first-order valence-electron chi connectivity index (χ1n) is 5.78. The highest BCUT2D eigenvalue weighted by Crippen LogP contribution is 2.31. The zero-order valence-electron chi connectivity index (χ0n) is 10.6. The molecule has 1 unspecified atom stereocenters. The number of hydrogen-bond acceptors (Lipinski definition) is 2. The van der Waals surface area contributed by atoms with Gasteiger partial charge in [0, 0.05) is 22.7 Å². The van der Waals surface area contributed by atoms with Crippen molar-refractivity contribution in [2.75, 3.05) is 11.9 Å². The molecule has 0 aliphatic rings. The Morgan fingerprint density at radius 1 is 1.21 bits per heavy atom. The molecule has 100 valence electrons. The molecule has 1 heterocycles. The second-order valence-corrected chi connectivity index (χ2v) is 6.06. The van der Waals surface area contributed by atoms with Crippen molar-refractivity contribution in [1.29, 1.82) is 0 Å². The summed E-state index contributed by atoms with van der Waals surface area (Å²) in [5.41, 5.74) is 1.16. The molecule has 0 amide bonds. The normalized spacial score (nSPS) is 12.3.